The molecule has 7 heteroatoms. The molecule has 1 aromatic heterocycles. The number of para-hydroxylation sites is 1. The number of amides is 1. The van der Waals surface area contributed by atoms with Crippen molar-refractivity contribution in [1.29, 1.82) is 0 Å². The quantitative estimate of drug-likeness (QED) is 0.834. The van der Waals surface area contributed by atoms with E-state index < -0.39 is 0 Å². The summed E-state index contributed by atoms with van der Waals surface area (Å²) in [5, 5.41) is 4.43. The van der Waals surface area contributed by atoms with Crippen molar-refractivity contribution in [1.82, 2.24) is 19.6 Å². The van der Waals surface area contributed by atoms with Gasteiger partial charge in [-0.2, -0.15) is 5.10 Å². The van der Waals surface area contributed by atoms with Gasteiger partial charge in [0.15, 0.2) is 11.5 Å². The van der Waals surface area contributed by atoms with E-state index in [4.69, 9.17) is 9.47 Å². The summed E-state index contributed by atoms with van der Waals surface area (Å²) in [5.74, 6) is 1.50. The van der Waals surface area contributed by atoms with Crippen LogP contribution in [0.25, 0.3) is 0 Å². The standard InChI is InChI=1S/C19H24N4O3/c1-21(2)10-14-11-22(13-15-6-7-20-23(15)12-14)19(24)16-4-3-5-17-18(16)26-9-8-25-17/h3-7,14H,8-13H2,1-2H3/t14-/m0/s1. The van der Waals surface area contributed by atoms with Crippen molar-refractivity contribution in [3.8, 4) is 11.5 Å². The van der Waals surface area contributed by atoms with Crippen molar-refractivity contribution < 1.29 is 14.3 Å². The van der Waals surface area contributed by atoms with Gasteiger partial charge < -0.3 is 19.3 Å². The number of hydrogen-bond donors (Lipinski definition) is 0. The first-order valence-electron chi connectivity index (χ1n) is 8.95. The minimum Gasteiger partial charge on any atom is -0.486 e. The Kier molecular flexibility index (Phi) is 4.55. The Morgan fingerprint density at radius 2 is 2.08 bits per heavy atom. The highest BCUT2D eigenvalue weighted by atomic mass is 16.6. The average Bonchev–Trinajstić information content (AvgIpc) is 2.99. The van der Waals surface area contributed by atoms with E-state index in [1.165, 1.54) is 0 Å². The molecule has 0 aliphatic carbocycles. The van der Waals surface area contributed by atoms with E-state index >= 15 is 0 Å². The second-order valence-corrected chi connectivity index (χ2v) is 7.15. The van der Waals surface area contributed by atoms with Crippen LogP contribution in [0.2, 0.25) is 0 Å². The Bertz CT molecular complexity index is 802. The second kappa shape index (κ2) is 6.99. The predicted molar refractivity (Wildman–Crippen MR) is 96.4 cm³/mol. The first-order chi connectivity index (χ1) is 12.6. The summed E-state index contributed by atoms with van der Waals surface area (Å²) in [6.45, 7) is 3.93. The third-order valence-electron chi connectivity index (χ3n) is 4.77. The monoisotopic (exact) mass is 356 g/mol. The molecular formula is C19H24N4O3. The summed E-state index contributed by atoms with van der Waals surface area (Å²) in [7, 11) is 4.11. The van der Waals surface area contributed by atoms with Crippen molar-refractivity contribution in [3.63, 3.8) is 0 Å². The first-order valence-corrected chi connectivity index (χ1v) is 8.95. The molecular weight excluding hydrogens is 332 g/mol. The average molecular weight is 356 g/mol. The number of benzene rings is 1. The minimum absolute atomic E-state index is 0.0224. The number of aromatic nitrogens is 2. The van der Waals surface area contributed by atoms with Gasteiger partial charge >= 0.3 is 0 Å². The fourth-order valence-corrected chi connectivity index (χ4v) is 3.73. The van der Waals surface area contributed by atoms with Gasteiger partial charge in [0.2, 0.25) is 0 Å². The van der Waals surface area contributed by atoms with Crippen LogP contribution in [0.4, 0.5) is 0 Å². The van der Waals surface area contributed by atoms with Gasteiger partial charge in [-0.05, 0) is 32.3 Å². The van der Waals surface area contributed by atoms with E-state index in [0.29, 0.717) is 49.3 Å². The number of nitrogens with zero attached hydrogens (tertiary/aromatic N) is 4. The highest BCUT2D eigenvalue weighted by Crippen LogP contribution is 2.34. The molecule has 138 valence electrons. The summed E-state index contributed by atoms with van der Waals surface area (Å²) in [6, 6.07) is 7.50. The SMILES string of the molecule is CN(C)C[C@H]1CN(C(=O)c2cccc3c2OCCO3)Cc2ccnn2C1. The molecule has 0 unspecified atom stereocenters. The van der Waals surface area contributed by atoms with Gasteiger partial charge in [-0.25, -0.2) is 0 Å². The zero-order valence-corrected chi connectivity index (χ0v) is 15.2. The van der Waals surface area contributed by atoms with Crippen molar-refractivity contribution in [2.24, 2.45) is 5.92 Å². The molecule has 0 saturated heterocycles. The third-order valence-corrected chi connectivity index (χ3v) is 4.77. The molecule has 0 saturated carbocycles. The van der Waals surface area contributed by atoms with Crippen LogP contribution in [0, 0.1) is 5.92 Å². The number of fused-ring (bicyclic) bond motifs is 2. The van der Waals surface area contributed by atoms with Gasteiger partial charge in [-0.3, -0.25) is 9.48 Å². The van der Waals surface area contributed by atoms with E-state index in [1.54, 1.807) is 6.20 Å². The summed E-state index contributed by atoms with van der Waals surface area (Å²) in [4.78, 5) is 17.4. The van der Waals surface area contributed by atoms with Crippen LogP contribution in [0.3, 0.4) is 0 Å². The summed E-state index contributed by atoms with van der Waals surface area (Å²) >= 11 is 0. The third kappa shape index (κ3) is 3.26. The van der Waals surface area contributed by atoms with Crippen LogP contribution < -0.4 is 9.47 Å². The Morgan fingerprint density at radius 1 is 1.23 bits per heavy atom. The smallest absolute Gasteiger partial charge is 0.258 e. The predicted octanol–water partition coefficient (Wildman–Crippen LogP) is 1.49. The minimum atomic E-state index is -0.0224. The Labute approximate surface area is 153 Å². The van der Waals surface area contributed by atoms with Crippen molar-refractivity contribution >= 4 is 5.91 Å². The molecule has 2 aliphatic heterocycles. The van der Waals surface area contributed by atoms with Crippen molar-refractivity contribution in [2.75, 3.05) is 40.4 Å². The lowest BCUT2D eigenvalue weighted by molar-refractivity contribution is 0.0701. The van der Waals surface area contributed by atoms with E-state index in [2.05, 4.69) is 24.1 Å². The number of ether oxygens (including phenoxy) is 2. The zero-order chi connectivity index (χ0) is 18.1. The molecule has 0 N–H and O–H groups in total. The maximum Gasteiger partial charge on any atom is 0.258 e. The van der Waals surface area contributed by atoms with Gasteiger partial charge in [0.25, 0.3) is 5.91 Å². The Hall–Kier alpha value is -2.54. The van der Waals surface area contributed by atoms with Crippen LogP contribution in [-0.4, -0.2) is 65.9 Å². The molecule has 2 aliphatic rings. The molecule has 4 rings (SSSR count). The fourth-order valence-electron chi connectivity index (χ4n) is 3.73. The molecule has 0 fully saturated rings. The molecule has 1 aromatic carbocycles. The highest BCUT2D eigenvalue weighted by Gasteiger charge is 2.29. The maximum atomic E-state index is 13.3. The molecule has 26 heavy (non-hydrogen) atoms. The zero-order valence-electron chi connectivity index (χ0n) is 15.2. The molecule has 0 bridgehead atoms. The Balaban J connectivity index is 1.64. The normalized spacial score (nSPS) is 19.2. The number of carbonyl (C=O) groups excluding carboxylic acids is 1. The van der Waals surface area contributed by atoms with Crippen molar-refractivity contribution in [2.45, 2.75) is 13.1 Å². The topological polar surface area (TPSA) is 59.8 Å². The lowest BCUT2D eigenvalue weighted by Crippen LogP contribution is -2.37. The van der Waals surface area contributed by atoms with Gasteiger partial charge in [0.1, 0.15) is 13.2 Å². The van der Waals surface area contributed by atoms with Crippen LogP contribution in [0.1, 0.15) is 16.1 Å². The number of carbonyl (C=O) groups is 1. The van der Waals surface area contributed by atoms with Gasteiger partial charge in [0, 0.05) is 31.7 Å². The summed E-state index contributed by atoms with van der Waals surface area (Å²) in [5.41, 5.74) is 1.63. The largest absolute Gasteiger partial charge is 0.486 e. The van der Waals surface area contributed by atoms with E-state index in [1.807, 2.05) is 33.8 Å². The molecule has 0 radical (unpaired) electrons. The highest BCUT2D eigenvalue weighted by molar-refractivity contribution is 5.97. The number of rotatable bonds is 3. The van der Waals surface area contributed by atoms with E-state index in [0.717, 1.165) is 18.8 Å². The van der Waals surface area contributed by atoms with Gasteiger partial charge in [-0.15, -0.1) is 0 Å². The lowest BCUT2D eigenvalue weighted by Gasteiger charge is -2.27. The Morgan fingerprint density at radius 3 is 2.92 bits per heavy atom. The first kappa shape index (κ1) is 16.9. The number of hydrogen-bond acceptors (Lipinski definition) is 5. The second-order valence-electron chi connectivity index (χ2n) is 7.15. The summed E-state index contributed by atoms with van der Waals surface area (Å²) < 4.78 is 13.4. The van der Waals surface area contributed by atoms with Crippen LogP contribution >= 0.6 is 0 Å². The molecule has 2 aromatic rings. The van der Waals surface area contributed by atoms with E-state index in [9.17, 15) is 4.79 Å². The van der Waals surface area contributed by atoms with Gasteiger partial charge in [0.05, 0.1) is 17.8 Å². The maximum absolute atomic E-state index is 13.3. The molecule has 7 nitrogen and oxygen atoms in total. The van der Waals surface area contributed by atoms with Crippen LogP contribution in [0.15, 0.2) is 30.5 Å². The summed E-state index contributed by atoms with van der Waals surface area (Å²) in [6.07, 6.45) is 1.80. The molecule has 1 amide bonds. The fraction of sp³-hybridized carbons (Fsp3) is 0.474. The van der Waals surface area contributed by atoms with Crippen LogP contribution in [-0.2, 0) is 13.1 Å². The van der Waals surface area contributed by atoms with Gasteiger partial charge in [-0.1, -0.05) is 6.07 Å². The van der Waals surface area contributed by atoms with Crippen LogP contribution in [0.5, 0.6) is 11.5 Å². The van der Waals surface area contributed by atoms with E-state index in [-0.39, 0.29) is 5.91 Å². The van der Waals surface area contributed by atoms with Crippen molar-refractivity contribution in [3.05, 3.63) is 41.7 Å². The molecule has 1 atom stereocenters. The molecule has 3 heterocycles. The molecule has 0 spiro atoms. The lowest BCUT2D eigenvalue weighted by atomic mass is 10.1.